The summed E-state index contributed by atoms with van der Waals surface area (Å²) in [6.45, 7) is 3.41. The van der Waals surface area contributed by atoms with E-state index in [4.69, 9.17) is 16.3 Å². The molecule has 5 heteroatoms. The maximum absolute atomic E-state index is 10.6. The largest absolute Gasteiger partial charge is 0.478 e. The quantitative estimate of drug-likeness (QED) is 0.443. The Morgan fingerprint density at radius 1 is 1.43 bits per heavy atom. The van der Waals surface area contributed by atoms with E-state index in [-0.39, 0.29) is 11.8 Å². The van der Waals surface area contributed by atoms with Crippen molar-refractivity contribution in [1.82, 2.24) is 0 Å². The van der Waals surface area contributed by atoms with Gasteiger partial charge in [0, 0.05) is 11.6 Å². The van der Waals surface area contributed by atoms with Crippen LogP contribution in [-0.2, 0) is 0 Å². The summed E-state index contributed by atoms with van der Waals surface area (Å²) in [6, 6.07) is 3.14. The Hall–Kier alpha value is -1.29. The highest BCUT2D eigenvalue weighted by Crippen LogP contribution is 2.27. The molecule has 0 N–H and O–H groups in total. The van der Waals surface area contributed by atoms with Gasteiger partial charge >= 0.3 is 0 Å². The van der Waals surface area contributed by atoms with Crippen LogP contribution in [0.25, 0.3) is 0 Å². The van der Waals surface area contributed by atoms with Gasteiger partial charge in [0.25, 0.3) is 5.69 Å². The third-order valence-electron chi connectivity index (χ3n) is 1.90. The Morgan fingerprint density at radius 2 is 2.07 bits per heavy atom. The van der Waals surface area contributed by atoms with Crippen molar-refractivity contribution in [2.75, 3.05) is 6.07 Å². The molecule has 0 radical (unpaired) electrons. The van der Waals surface area contributed by atoms with E-state index in [1.54, 1.807) is 19.9 Å². The molecule has 0 aliphatic carbocycles. The minimum atomic E-state index is -0.410. The van der Waals surface area contributed by atoms with Gasteiger partial charge in [-0.25, -0.2) is 0 Å². The molecule has 0 aliphatic heterocycles. The van der Waals surface area contributed by atoms with Gasteiger partial charge in [0.1, 0.15) is 5.75 Å². The van der Waals surface area contributed by atoms with E-state index in [1.807, 2.05) is 0 Å². The fourth-order valence-electron chi connectivity index (χ4n) is 1.19. The van der Waals surface area contributed by atoms with E-state index in [2.05, 4.69) is 0 Å². The second-order valence-corrected chi connectivity index (χ2v) is 3.13. The summed E-state index contributed by atoms with van der Waals surface area (Å²) in [7, 11) is 0. The molecule has 0 aromatic heterocycles. The lowest BCUT2D eigenvalue weighted by atomic mass is 10.1. The zero-order chi connectivity index (χ0) is 10.7. The predicted molar refractivity (Wildman–Crippen MR) is 53.9 cm³/mol. The van der Waals surface area contributed by atoms with Gasteiger partial charge in [0.2, 0.25) is 0 Å². The first kappa shape index (κ1) is 10.8. The van der Waals surface area contributed by atoms with E-state index < -0.39 is 4.92 Å². The van der Waals surface area contributed by atoms with Crippen LogP contribution in [0.1, 0.15) is 11.1 Å². The van der Waals surface area contributed by atoms with E-state index in [1.165, 1.54) is 6.07 Å². The number of alkyl halides is 1. The summed E-state index contributed by atoms with van der Waals surface area (Å²) >= 11 is 5.41. The molecule has 4 nitrogen and oxygen atoms in total. The molecule has 0 fully saturated rings. The van der Waals surface area contributed by atoms with E-state index in [0.29, 0.717) is 16.9 Å². The highest BCUT2D eigenvalue weighted by Gasteiger charge is 2.13. The predicted octanol–water partition coefficient (Wildman–Crippen LogP) is 2.79. The first-order valence-corrected chi connectivity index (χ1v) is 4.54. The van der Waals surface area contributed by atoms with Crippen molar-refractivity contribution in [1.29, 1.82) is 0 Å². The fourth-order valence-corrected chi connectivity index (χ4v) is 1.30. The summed E-state index contributed by atoms with van der Waals surface area (Å²) in [6.07, 6.45) is 0. The van der Waals surface area contributed by atoms with Crippen LogP contribution >= 0.6 is 11.6 Å². The van der Waals surface area contributed by atoms with E-state index in [9.17, 15) is 10.1 Å². The Balaban J connectivity index is 3.17. The number of rotatable bonds is 3. The molecule has 0 heterocycles. The topological polar surface area (TPSA) is 52.4 Å². The van der Waals surface area contributed by atoms with Crippen LogP contribution in [0, 0.1) is 24.0 Å². The Kier molecular flexibility index (Phi) is 3.30. The number of nitro groups is 1. The monoisotopic (exact) mass is 215 g/mol. The molecule has 0 saturated heterocycles. The van der Waals surface area contributed by atoms with Crippen molar-refractivity contribution >= 4 is 17.3 Å². The molecule has 1 rings (SSSR count). The number of aryl methyl sites for hydroxylation is 2. The van der Waals surface area contributed by atoms with Gasteiger partial charge in [0.05, 0.1) is 4.92 Å². The molecule has 0 spiro atoms. The molecule has 1 aromatic carbocycles. The van der Waals surface area contributed by atoms with Crippen LogP contribution in [0.2, 0.25) is 0 Å². The highest BCUT2D eigenvalue weighted by atomic mass is 35.5. The maximum atomic E-state index is 10.6. The lowest BCUT2D eigenvalue weighted by Crippen LogP contribution is -1.97. The van der Waals surface area contributed by atoms with Crippen molar-refractivity contribution < 1.29 is 9.66 Å². The van der Waals surface area contributed by atoms with Crippen molar-refractivity contribution in [2.45, 2.75) is 13.8 Å². The molecule has 14 heavy (non-hydrogen) atoms. The summed E-state index contributed by atoms with van der Waals surface area (Å²) in [4.78, 5) is 10.2. The smallest absolute Gasteiger partial charge is 0.272 e. The van der Waals surface area contributed by atoms with Gasteiger partial charge < -0.3 is 4.74 Å². The van der Waals surface area contributed by atoms with E-state index >= 15 is 0 Å². The highest BCUT2D eigenvalue weighted by molar-refractivity contribution is 6.17. The minimum Gasteiger partial charge on any atom is -0.478 e. The molecule has 1 aromatic rings. The lowest BCUT2D eigenvalue weighted by Gasteiger charge is -2.07. The van der Waals surface area contributed by atoms with Gasteiger partial charge in [-0.05, 0) is 25.5 Å². The molecular weight excluding hydrogens is 206 g/mol. The van der Waals surface area contributed by atoms with Crippen molar-refractivity contribution in [3.63, 3.8) is 0 Å². The number of benzene rings is 1. The summed E-state index contributed by atoms with van der Waals surface area (Å²) in [5, 5.41) is 10.6. The SMILES string of the molecule is Cc1cc([N+](=O)[O-])c(C)cc1OCCl. The minimum absolute atomic E-state index is 0.0398. The van der Waals surface area contributed by atoms with Gasteiger partial charge in [-0.15, -0.1) is 0 Å². The fraction of sp³-hybridized carbons (Fsp3) is 0.333. The average molecular weight is 216 g/mol. The Bertz CT molecular complexity index is 365. The maximum Gasteiger partial charge on any atom is 0.272 e. The van der Waals surface area contributed by atoms with Crippen LogP contribution in [0.5, 0.6) is 5.75 Å². The molecule has 0 unspecified atom stereocenters. The molecule has 0 aliphatic rings. The van der Waals surface area contributed by atoms with Crippen LogP contribution in [0.3, 0.4) is 0 Å². The third kappa shape index (κ3) is 2.14. The van der Waals surface area contributed by atoms with Crippen molar-refractivity contribution in [3.05, 3.63) is 33.4 Å². The second-order valence-electron chi connectivity index (χ2n) is 2.91. The van der Waals surface area contributed by atoms with Gasteiger partial charge in [-0.1, -0.05) is 11.6 Å². The second kappa shape index (κ2) is 4.28. The zero-order valence-electron chi connectivity index (χ0n) is 7.91. The first-order valence-electron chi connectivity index (χ1n) is 4.00. The Labute approximate surface area is 86.6 Å². The average Bonchev–Trinajstić information content (AvgIpc) is 2.10. The number of hydrogen-bond donors (Lipinski definition) is 0. The van der Waals surface area contributed by atoms with Gasteiger partial charge in [0.15, 0.2) is 6.07 Å². The number of hydrogen-bond acceptors (Lipinski definition) is 3. The Morgan fingerprint density at radius 3 is 2.57 bits per heavy atom. The van der Waals surface area contributed by atoms with Crippen LogP contribution in [-0.4, -0.2) is 11.0 Å². The zero-order valence-corrected chi connectivity index (χ0v) is 8.67. The molecule has 76 valence electrons. The number of ether oxygens (including phenoxy) is 1. The van der Waals surface area contributed by atoms with Crippen LogP contribution in [0.15, 0.2) is 12.1 Å². The van der Waals surface area contributed by atoms with Crippen LogP contribution in [0.4, 0.5) is 5.69 Å². The standard InChI is InChI=1S/C9H10ClNO3/c1-6-4-9(14-5-10)7(2)3-8(6)11(12)13/h3-4H,5H2,1-2H3. The number of nitro benzene ring substituents is 1. The van der Waals surface area contributed by atoms with Crippen molar-refractivity contribution in [3.8, 4) is 5.75 Å². The van der Waals surface area contributed by atoms with Gasteiger partial charge in [-0.3, -0.25) is 10.1 Å². The molecule has 0 amide bonds. The number of halogens is 1. The molecule has 0 saturated carbocycles. The molecule has 0 bridgehead atoms. The van der Waals surface area contributed by atoms with Gasteiger partial charge in [-0.2, -0.15) is 0 Å². The normalized spacial score (nSPS) is 9.93. The summed E-state index contributed by atoms with van der Waals surface area (Å²) in [5.41, 5.74) is 1.38. The summed E-state index contributed by atoms with van der Waals surface area (Å²) in [5.74, 6) is 0.586. The first-order chi connectivity index (χ1) is 6.56. The molecular formula is C9H10ClNO3. The number of nitrogens with zero attached hydrogens (tertiary/aromatic N) is 1. The van der Waals surface area contributed by atoms with Crippen molar-refractivity contribution in [2.24, 2.45) is 0 Å². The lowest BCUT2D eigenvalue weighted by molar-refractivity contribution is -0.385. The summed E-state index contributed by atoms with van der Waals surface area (Å²) < 4.78 is 5.10. The molecule has 0 atom stereocenters. The van der Waals surface area contributed by atoms with Crippen LogP contribution < -0.4 is 4.74 Å². The third-order valence-corrected chi connectivity index (χ3v) is 2.01. The van der Waals surface area contributed by atoms with E-state index in [0.717, 1.165) is 0 Å².